The maximum atomic E-state index is 13.1. The average Bonchev–Trinajstić information content (AvgIpc) is 3.19. The van der Waals surface area contributed by atoms with Gasteiger partial charge in [-0.2, -0.15) is 5.26 Å². The van der Waals surface area contributed by atoms with Gasteiger partial charge in [0.2, 0.25) is 5.91 Å². The summed E-state index contributed by atoms with van der Waals surface area (Å²) in [6.45, 7) is 10.1. The van der Waals surface area contributed by atoms with Gasteiger partial charge in [-0.1, -0.05) is 32.6 Å². The summed E-state index contributed by atoms with van der Waals surface area (Å²) in [4.78, 5) is 40.5. The third kappa shape index (κ3) is 3.48. The fourth-order valence-corrected chi connectivity index (χ4v) is 3.71. The molecule has 2 amide bonds. The molecule has 2 aliphatic rings. The summed E-state index contributed by atoms with van der Waals surface area (Å²) < 4.78 is 0. The number of rotatable bonds is 6. The Bertz CT molecular complexity index is 727. The van der Waals surface area contributed by atoms with Crippen LogP contribution in [0.5, 0.6) is 0 Å². The molecule has 26 heavy (non-hydrogen) atoms. The number of aldehydes is 1. The monoisotopic (exact) mass is 355 g/mol. The van der Waals surface area contributed by atoms with E-state index < -0.39 is 12.1 Å². The summed E-state index contributed by atoms with van der Waals surface area (Å²) in [5.74, 6) is -0.675. The average molecular weight is 355 g/mol. The van der Waals surface area contributed by atoms with E-state index in [0.29, 0.717) is 18.5 Å². The Morgan fingerprint density at radius 2 is 2.12 bits per heavy atom. The molecule has 6 heteroatoms. The molecule has 6 nitrogen and oxygen atoms in total. The quantitative estimate of drug-likeness (QED) is 0.539. The van der Waals surface area contributed by atoms with Crippen LogP contribution in [-0.2, 0) is 14.4 Å². The van der Waals surface area contributed by atoms with Crippen LogP contribution in [0.25, 0.3) is 0 Å². The number of hydrogen-bond donors (Lipinski definition) is 0. The fourth-order valence-electron chi connectivity index (χ4n) is 3.71. The minimum Gasteiger partial charge on any atom is -0.331 e. The predicted molar refractivity (Wildman–Crippen MR) is 97.7 cm³/mol. The number of allylic oxidation sites excluding steroid dienone is 1. The molecule has 0 spiro atoms. The van der Waals surface area contributed by atoms with Crippen molar-refractivity contribution < 1.29 is 14.4 Å². The lowest BCUT2D eigenvalue weighted by atomic mass is 10.00. The number of carbonyl (C=O) groups is 3. The van der Waals surface area contributed by atoms with E-state index in [-0.39, 0.29) is 35.4 Å². The first kappa shape index (κ1) is 19.6. The van der Waals surface area contributed by atoms with Crippen LogP contribution >= 0.6 is 0 Å². The minimum atomic E-state index is -0.674. The topological polar surface area (TPSA) is 81.5 Å². The van der Waals surface area contributed by atoms with Gasteiger partial charge in [0.05, 0.1) is 23.3 Å². The zero-order chi connectivity index (χ0) is 19.4. The van der Waals surface area contributed by atoms with E-state index >= 15 is 0 Å². The SMILES string of the molecule is C=C(C#N)C1=C(/C=C\C)CN(C(C(=O)N2CCCC2C=O)C(C)C)C1=O. The van der Waals surface area contributed by atoms with Crippen LogP contribution in [0.3, 0.4) is 0 Å². The molecule has 0 bridgehead atoms. The number of nitriles is 1. The molecule has 2 atom stereocenters. The van der Waals surface area contributed by atoms with E-state index in [9.17, 15) is 19.6 Å². The number of carbonyl (C=O) groups excluding carboxylic acids is 3. The molecule has 0 radical (unpaired) electrons. The van der Waals surface area contributed by atoms with Gasteiger partial charge in [-0.15, -0.1) is 0 Å². The van der Waals surface area contributed by atoms with Crippen LogP contribution in [0, 0.1) is 17.2 Å². The molecule has 1 fully saturated rings. The Morgan fingerprint density at radius 3 is 2.65 bits per heavy atom. The van der Waals surface area contributed by atoms with E-state index in [4.69, 9.17) is 0 Å². The van der Waals surface area contributed by atoms with Crippen molar-refractivity contribution in [3.8, 4) is 6.07 Å². The second-order valence-corrected chi connectivity index (χ2v) is 6.99. The number of likely N-dealkylation sites (tertiary alicyclic amines) is 1. The molecule has 0 N–H and O–H groups in total. The van der Waals surface area contributed by atoms with Crippen molar-refractivity contribution in [2.45, 2.75) is 45.7 Å². The van der Waals surface area contributed by atoms with Crippen LogP contribution in [0.2, 0.25) is 0 Å². The zero-order valence-corrected chi connectivity index (χ0v) is 15.6. The van der Waals surface area contributed by atoms with Crippen LogP contribution in [0.1, 0.15) is 33.6 Å². The second-order valence-electron chi connectivity index (χ2n) is 6.99. The van der Waals surface area contributed by atoms with Crippen molar-refractivity contribution in [3.63, 3.8) is 0 Å². The third-order valence-corrected chi connectivity index (χ3v) is 4.90. The maximum absolute atomic E-state index is 13.1. The van der Waals surface area contributed by atoms with Gasteiger partial charge < -0.3 is 14.6 Å². The molecule has 1 saturated heterocycles. The summed E-state index contributed by atoms with van der Waals surface area (Å²) in [7, 11) is 0. The minimum absolute atomic E-state index is 0.104. The van der Waals surface area contributed by atoms with E-state index in [2.05, 4.69) is 6.58 Å². The van der Waals surface area contributed by atoms with Crippen LogP contribution in [0.15, 0.2) is 35.5 Å². The highest BCUT2D eigenvalue weighted by atomic mass is 16.2. The molecule has 0 saturated carbocycles. The largest absolute Gasteiger partial charge is 0.331 e. The molecular formula is C20H25N3O3. The number of nitrogens with zero attached hydrogens (tertiary/aromatic N) is 3. The lowest BCUT2D eigenvalue weighted by Crippen LogP contribution is -2.53. The molecule has 2 aliphatic heterocycles. The number of amides is 2. The maximum Gasteiger partial charge on any atom is 0.256 e. The zero-order valence-electron chi connectivity index (χ0n) is 15.6. The normalized spacial score (nSPS) is 21.7. The third-order valence-electron chi connectivity index (χ3n) is 4.90. The van der Waals surface area contributed by atoms with Gasteiger partial charge in [-0.05, 0) is 31.3 Å². The van der Waals surface area contributed by atoms with Gasteiger partial charge in [-0.25, -0.2) is 0 Å². The fraction of sp³-hybridized carbons (Fsp3) is 0.500. The van der Waals surface area contributed by atoms with Gasteiger partial charge in [0.1, 0.15) is 12.3 Å². The standard InChI is InChI=1S/C20H25N3O3/c1-5-7-15-11-23(19(25)17(15)14(4)10-21)18(13(2)3)20(26)22-9-6-8-16(22)12-24/h5,7,12-13,16,18H,4,6,8-9,11H2,1-3H3/b7-5-. The van der Waals surface area contributed by atoms with Gasteiger partial charge in [0, 0.05) is 13.1 Å². The van der Waals surface area contributed by atoms with Gasteiger partial charge in [0.25, 0.3) is 5.91 Å². The Hall–Kier alpha value is -2.68. The Labute approximate surface area is 154 Å². The molecule has 2 rings (SSSR count). The molecule has 0 aromatic rings. The first-order valence-corrected chi connectivity index (χ1v) is 8.89. The van der Waals surface area contributed by atoms with Crippen LogP contribution < -0.4 is 0 Å². The molecular weight excluding hydrogens is 330 g/mol. The van der Waals surface area contributed by atoms with Crippen molar-refractivity contribution in [1.82, 2.24) is 9.80 Å². The number of hydrogen-bond acceptors (Lipinski definition) is 4. The van der Waals surface area contributed by atoms with E-state index in [0.717, 1.165) is 12.7 Å². The molecule has 0 aromatic carbocycles. The van der Waals surface area contributed by atoms with Crippen molar-refractivity contribution >= 4 is 18.1 Å². The lowest BCUT2D eigenvalue weighted by Gasteiger charge is -2.34. The summed E-state index contributed by atoms with van der Waals surface area (Å²) >= 11 is 0. The lowest BCUT2D eigenvalue weighted by molar-refractivity contribution is -0.146. The Balaban J connectivity index is 2.36. The van der Waals surface area contributed by atoms with Crippen molar-refractivity contribution in [1.29, 1.82) is 5.26 Å². The Kier molecular flexibility index (Phi) is 6.14. The molecule has 138 valence electrons. The summed E-state index contributed by atoms with van der Waals surface area (Å²) in [5.41, 5.74) is 1.07. The first-order valence-electron chi connectivity index (χ1n) is 8.89. The molecule has 2 heterocycles. The Morgan fingerprint density at radius 1 is 1.42 bits per heavy atom. The first-order chi connectivity index (χ1) is 12.4. The highest BCUT2D eigenvalue weighted by molar-refractivity contribution is 6.05. The van der Waals surface area contributed by atoms with Gasteiger partial charge in [0.15, 0.2) is 0 Å². The summed E-state index contributed by atoms with van der Waals surface area (Å²) in [6, 6.07) is 0.847. The summed E-state index contributed by atoms with van der Waals surface area (Å²) in [6.07, 6.45) is 5.83. The summed E-state index contributed by atoms with van der Waals surface area (Å²) in [5, 5.41) is 9.19. The van der Waals surface area contributed by atoms with Crippen molar-refractivity contribution in [3.05, 3.63) is 35.5 Å². The van der Waals surface area contributed by atoms with Crippen molar-refractivity contribution in [2.75, 3.05) is 13.1 Å². The van der Waals surface area contributed by atoms with Gasteiger partial charge in [-0.3, -0.25) is 9.59 Å². The van der Waals surface area contributed by atoms with Crippen molar-refractivity contribution in [2.24, 2.45) is 5.92 Å². The second kappa shape index (κ2) is 8.13. The molecule has 0 aromatic heterocycles. The van der Waals surface area contributed by atoms with Crippen LogP contribution in [0.4, 0.5) is 0 Å². The molecule has 2 unspecified atom stereocenters. The predicted octanol–water partition coefficient (Wildman–Crippen LogP) is 2.00. The highest BCUT2D eigenvalue weighted by Gasteiger charge is 2.43. The van der Waals surface area contributed by atoms with E-state index in [1.165, 1.54) is 4.90 Å². The van der Waals surface area contributed by atoms with Gasteiger partial charge >= 0.3 is 0 Å². The van der Waals surface area contributed by atoms with E-state index in [1.807, 2.05) is 26.8 Å². The van der Waals surface area contributed by atoms with Crippen LogP contribution in [-0.4, -0.2) is 53.1 Å². The van der Waals surface area contributed by atoms with E-state index in [1.54, 1.807) is 17.1 Å². The molecule has 0 aliphatic carbocycles. The highest BCUT2D eigenvalue weighted by Crippen LogP contribution is 2.31. The smallest absolute Gasteiger partial charge is 0.256 e.